The van der Waals surface area contributed by atoms with Gasteiger partial charge in [0.05, 0.1) is 16.1 Å². The largest absolute Gasteiger partial charge is 0.454 e. The van der Waals surface area contributed by atoms with Crippen LogP contribution in [0.25, 0.3) is 10.9 Å². The highest BCUT2D eigenvalue weighted by molar-refractivity contribution is 6.41. The molecular formula is C25H14ClNO5. The molecule has 6 nitrogen and oxygen atoms in total. The van der Waals surface area contributed by atoms with Crippen LogP contribution in [0.4, 0.5) is 0 Å². The molecule has 0 saturated heterocycles. The standard InChI is InChI=1S/C25H14ClNO5/c26-22-17(10-9-16-21(22)24(30)15-7-2-1-6-14(15)23(16)29)25(31)32-12-20(28)18-11-27-19-8-4-3-5-13(18)19/h1-11,27H,12H2. The van der Waals surface area contributed by atoms with Gasteiger partial charge in [-0.25, -0.2) is 4.79 Å². The maximum atomic E-state index is 12.9. The molecule has 1 aliphatic rings. The van der Waals surface area contributed by atoms with E-state index in [-0.39, 0.29) is 38.8 Å². The van der Waals surface area contributed by atoms with Crippen molar-refractivity contribution in [3.05, 3.63) is 105 Å². The molecule has 3 aromatic carbocycles. The Kier molecular flexibility index (Phi) is 4.72. The second kappa shape index (κ2) is 7.59. The molecule has 156 valence electrons. The van der Waals surface area contributed by atoms with Gasteiger partial charge >= 0.3 is 5.97 Å². The van der Waals surface area contributed by atoms with E-state index in [4.69, 9.17) is 16.3 Å². The number of H-pyrrole nitrogens is 1. The van der Waals surface area contributed by atoms with Crippen LogP contribution in [-0.4, -0.2) is 34.9 Å². The summed E-state index contributed by atoms with van der Waals surface area (Å²) in [6.07, 6.45) is 1.56. The molecule has 5 rings (SSSR count). The van der Waals surface area contributed by atoms with Crippen LogP contribution >= 0.6 is 11.6 Å². The third kappa shape index (κ3) is 3.04. The SMILES string of the molecule is O=C(OCC(=O)c1c[nH]c2ccccc12)c1ccc2c(c1Cl)C(=O)c1ccccc1C2=O. The maximum absolute atomic E-state index is 12.9. The fraction of sp³-hybridized carbons (Fsp3) is 0.0400. The number of hydrogen-bond acceptors (Lipinski definition) is 5. The van der Waals surface area contributed by atoms with E-state index >= 15 is 0 Å². The van der Waals surface area contributed by atoms with E-state index in [0.717, 1.165) is 10.9 Å². The van der Waals surface area contributed by atoms with Crippen molar-refractivity contribution < 1.29 is 23.9 Å². The Morgan fingerprint density at radius 3 is 2.28 bits per heavy atom. The summed E-state index contributed by atoms with van der Waals surface area (Å²) in [7, 11) is 0. The molecule has 7 heteroatoms. The van der Waals surface area contributed by atoms with Crippen molar-refractivity contribution in [2.45, 2.75) is 0 Å². The molecule has 1 aliphatic carbocycles. The lowest BCUT2D eigenvalue weighted by molar-refractivity contribution is 0.0475. The zero-order valence-electron chi connectivity index (χ0n) is 16.5. The Hall–Kier alpha value is -4.03. The lowest BCUT2D eigenvalue weighted by Crippen LogP contribution is -2.23. The third-order valence-electron chi connectivity index (χ3n) is 5.47. The number of aromatic amines is 1. The van der Waals surface area contributed by atoms with Gasteiger partial charge in [0.1, 0.15) is 0 Å². The number of hydrogen-bond donors (Lipinski definition) is 1. The summed E-state index contributed by atoms with van der Waals surface area (Å²) in [4.78, 5) is 53.9. The molecule has 0 radical (unpaired) electrons. The van der Waals surface area contributed by atoms with Crippen LogP contribution in [0.3, 0.4) is 0 Å². The van der Waals surface area contributed by atoms with E-state index in [1.165, 1.54) is 12.1 Å². The van der Waals surface area contributed by atoms with E-state index in [1.54, 1.807) is 36.5 Å². The zero-order valence-corrected chi connectivity index (χ0v) is 17.2. The summed E-state index contributed by atoms with van der Waals surface area (Å²) in [5.74, 6) is -2.02. The number of carbonyl (C=O) groups is 4. The van der Waals surface area contributed by atoms with Gasteiger partial charge in [0, 0.05) is 39.4 Å². The van der Waals surface area contributed by atoms with Crippen LogP contribution in [0.5, 0.6) is 0 Å². The first kappa shape index (κ1) is 19.9. The van der Waals surface area contributed by atoms with Gasteiger partial charge in [0.2, 0.25) is 5.78 Å². The van der Waals surface area contributed by atoms with Crippen molar-refractivity contribution in [1.29, 1.82) is 0 Å². The van der Waals surface area contributed by atoms with Crippen LogP contribution in [-0.2, 0) is 4.74 Å². The van der Waals surface area contributed by atoms with Crippen molar-refractivity contribution in [3.8, 4) is 0 Å². The van der Waals surface area contributed by atoms with Gasteiger partial charge in [0.15, 0.2) is 18.2 Å². The Bertz CT molecular complexity index is 1470. The first-order valence-corrected chi connectivity index (χ1v) is 10.1. The summed E-state index contributed by atoms with van der Waals surface area (Å²) in [6.45, 7) is -0.496. The van der Waals surface area contributed by atoms with Crippen LogP contribution in [0.2, 0.25) is 5.02 Å². The van der Waals surface area contributed by atoms with Crippen molar-refractivity contribution in [1.82, 2.24) is 4.98 Å². The van der Waals surface area contributed by atoms with Gasteiger partial charge < -0.3 is 9.72 Å². The molecular weight excluding hydrogens is 430 g/mol. The third-order valence-corrected chi connectivity index (χ3v) is 5.87. The van der Waals surface area contributed by atoms with Crippen molar-refractivity contribution >= 4 is 45.8 Å². The number of ether oxygens (including phenoxy) is 1. The van der Waals surface area contributed by atoms with Crippen LogP contribution in [0.1, 0.15) is 52.6 Å². The number of Topliss-reactive ketones (excluding diaryl/α,β-unsaturated/α-hetero) is 1. The van der Waals surface area contributed by atoms with Gasteiger partial charge in [0.25, 0.3) is 0 Å². The van der Waals surface area contributed by atoms with E-state index in [0.29, 0.717) is 11.1 Å². The highest BCUT2D eigenvalue weighted by atomic mass is 35.5. The molecule has 1 aromatic heterocycles. The second-order valence-corrected chi connectivity index (χ2v) is 7.68. The summed E-state index contributed by atoms with van der Waals surface area (Å²) in [6, 6.07) is 16.4. The lowest BCUT2D eigenvalue weighted by atomic mass is 9.83. The summed E-state index contributed by atoms with van der Waals surface area (Å²) in [5, 5.41) is 0.558. The fourth-order valence-corrected chi connectivity index (χ4v) is 4.22. The van der Waals surface area contributed by atoms with Gasteiger partial charge in [-0.15, -0.1) is 0 Å². The van der Waals surface area contributed by atoms with Gasteiger partial charge in [-0.1, -0.05) is 54.1 Å². The first-order chi connectivity index (χ1) is 15.5. The predicted molar refractivity (Wildman–Crippen MR) is 118 cm³/mol. The number of aromatic nitrogens is 1. The number of carbonyl (C=O) groups excluding carboxylic acids is 4. The molecule has 0 amide bonds. The average Bonchev–Trinajstić information content (AvgIpc) is 3.25. The molecule has 0 bridgehead atoms. The van der Waals surface area contributed by atoms with Crippen molar-refractivity contribution in [3.63, 3.8) is 0 Å². The van der Waals surface area contributed by atoms with E-state index in [2.05, 4.69) is 4.98 Å². The molecule has 1 heterocycles. The normalized spacial score (nSPS) is 12.4. The first-order valence-electron chi connectivity index (χ1n) is 9.74. The van der Waals surface area contributed by atoms with E-state index in [1.807, 2.05) is 18.2 Å². The monoisotopic (exact) mass is 443 g/mol. The number of nitrogens with one attached hydrogen (secondary N) is 1. The van der Waals surface area contributed by atoms with Crippen LogP contribution in [0.15, 0.2) is 66.9 Å². The number of fused-ring (bicyclic) bond motifs is 3. The summed E-state index contributed by atoms with van der Waals surface area (Å²) >= 11 is 6.38. The highest BCUT2D eigenvalue weighted by Crippen LogP contribution is 2.34. The molecule has 4 aromatic rings. The Morgan fingerprint density at radius 1 is 0.812 bits per heavy atom. The number of benzene rings is 3. The molecule has 1 N–H and O–H groups in total. The Morgan fingerprint density at radius 2 is 1.50 bits per heavy atom. The van der Waals surface area contributed by atoms with Crippen LogP contribution < -0.4 is 0 Å². The molecule has 32 heavy (non-hydrogen) atoms. The lowest BCUT2D eigenvalue weighted by Gasteiger charge is -2.19. The Labute approximate surface area is 186 Å². The molecule has 0 unspecified atom stereocenters. The van der Waals surface area contributed by atoms with E-state index < -0.39 is 18.4 Å². The van der Waals surface area contributed by atoms with Gasteiger partial charge in [-0.3, -0.25) is 14.4 Å². The summed E-state index contributed by atoms with van der Waals surface area (Å²) in [5.41, 5.74) is 1.73. The van der Waals surface area contributed by atoms with Crippen molar-refractivity contribution in [2.75, 3.05) is 6.61 Å². The molecule has 0 atom stereocenters. The van der Waals surface area contributed by atoms with Gasteiger partial charge in [-0.05, 0) is 18.2 Å². The highest BCUT2D eigenvalue weighted by Gasteiger charge is 2.33. The van der Waals surface area contributed by atoms with Gasteiger partial charge in [-0.2, -0.15) is 0 Å². The average molecular weight is 444 g/mol. The second-order valence-electron chi connectivity index (χ2n) is 7.30. The number of halogens is 1. The minimum Gasteiger partial charge on any atom is -0.454 e. The van der Waals surface area contributed by atoms with E-state index in [9.17, 15) is 19.2 Å². The van der Waals surface area contributed by atoms with Crippen LogP contribution in [0, 0.1) is 0 Å². The molecule has 0 fully saturated rings. The zero-order chi connectivity index (χ0) is 22.4. The summed E-state index contributed by atoms with van der Waals surface area (Å²) < 4.78 is 5.18. The predicted octanol–water partition coefficient (Wildman–Crippen LogP) is 4.64. The number of para-hydroxylation sites is 1. The quantitative estimate of drug-likeness (QED) is 0.322. The minimum atomic E-state index is -0.856. The molecule has 0 saturated carbocycles. The number of ketones is 3. The van der Waals surface area contributed by atoms with Crippen molar-refractivity contribution in [2.24, 2.45) is 0 Å². The number of esters is 1. The maximum Gasteiger partial charge on any atom is 0.340 e. The smallest absolute Gasteiger partial charge is 0.340 e. The molecule has 0 aliphatic heterocycles. The topological polar surface area (TPSA) is 93.3 Å². The Balaban J connectivity index is 1.41. The molecule has 0 spiro atoms. The number of rotatable bonds is 4. The fourth-order valence-electron chi connectivity index (χ4n) is 3.89. The minimum absolute atomic E-state index is 0.0345.